The summed E-state index contributed by atoms with van der Waals surface area (Å²) < 4.78 is 1.57. The van der Waals surface area contributed by atoms with Crippen molar-refractivity contribution in [3.8, 4) is 5.69 Å². The molecule has 3 rings (SSSR count). The minimum Gasteiger partial charge on any atom is -0.336 e. The van der Waals surface area contributed by atoms with Crippen LogP contribution in [0.3, 0.4) is 0 Å². The lowest BCUT2D eigenvalue weighted by molar-refractivity contribution is 0.0635. The van der Waals surface area contributed by atoms with E-state index in [1.807, 2.05) is 29.2 Å². The maximum absolute atomic E-state index is 12.5. The lowest BCUT2D eigenvalue weighted by Gasteiger charge is -2.33. The van der Waals surface area contributed by atoms with Crippen LogP contribution in [0.1, 0.15) is 36.5 Å². The normalized spacial score (nSPS) is 19.1. The molecule has 1 aromatic heterocycles. The summed E-state index contributed by atoms with van der Waals surface area (Å²) in [6.07, 6.45) is 4.93. The number of hydrogen-bond donors (Lipinski definition) is 0. The Balaban J connectivity index is 1.78. The molecule has 0 aliphatic carbocycles. The highest BCUT2D eigenvalue weighted by Crippen LogP contribution is 2.19. The Bertz CT molecular complexity index is 578. The van der Waals surface area contributed by atoms with E-state index in [4.69, 9.17) is 0 Å². The number of nitrogens with zero attached hydrogens (tertiary/aromatic N) is 5. The second kappa shape index (κ2) is 5.40. The summed E-state index contributed by atoms with van der Waals surface area (Å²) in [4.78, 5) is 14.5. The van der Waals surface area contributed by atoms with Crippen molar-refractivity contribution in [2.24, 2.45) is 0 Å². The zero-order valence-corrected chi connectivity index (χ0v) is 11.4. The van der Waals surface area contributed by atoms with E-state index in [2.05, 4.69) is 22.4 Å². The molecule has 0 spiro atoms. The number of carbonyl (C=O) groups excluding carboxylic acids is 1. The molecular formula is C14H17N5O. The molecule has 1 aromatic carbocycles. The number of tetrazole rings is 1. The van der Waals surface area contributed by atoms with Gasteiger partial charge in [0.25, 0.3) is 5.91 Å². The van der Waals surface area contributed by atoms with Gasteiger partial charge in [-0.3, -0.25) is 4.79 Å². The van der Waals surface area contributed by atoms with Gasteiger partial charge in [0.2, 0.25) is 0 Å². The van der Waals surface area contributed by atoms with Gasteiger partial charge in [-0.15, -0.1) is 5.10 Å². The quantitative estimate of drug-likeness (QED) is 0.833. The lowest BCUT2D eigenvalue weighted by atomic mass is 10.0. The van der Waals surface area contributed by atoms with Crippen molar-refractivity contribution in [2.45, 2.75) is 32.2 Å². The van der Waals surface area contributed by atoms with Gasteiger partial charge in [-0.05, 0) is 60.9 Å². The van der Waals surface area contributed by atoms with Crippen molar-refractivity contribution in [1.29, 1.82) is 0 Å². The molecule has 1 unspecified atom stereocenters. The second-order valence-corrected chi connectivity index (χ2v) is 5.14. The van der Waals surface area contributed by atoms with E-state index < -0.39 is 0 Å². The summed E-state index contributed by atoms with van der Waals surface area (Å²) in [5, 5.41) is 11.0. The predicted octanol–water partition coefficient (Wildman–Crippen LogP) is 1.68. The summed E-state index contributed by atoms with van der Waals surface area (Å²) in [5.74, 6) is 0.112. The molecular weight excluding hydrogens is 254 g/mol. The molecule has 104 valence electrons. The first kappa shape index (κ1) is 12.8. The van der Waals surface area contributed by atoms with Crippen molar-refractivity contribution >= 4 is 5.91 Å². The molecule has 1 amide bonds. The van der Waals surface area contributed by atoms with E-state index in [9.17, 15) is 4.79 Å². The van der Waals surface area contributed by atoms with E-state index in [0.29, 0.717) is 6.04 Å². The third kappa shape index (κ3) is 2.41. The molecule has 0 N–H and O–H groups in total. The SMILES string of the molecule is CC1CCCCN1C(=O)c1ccc(-n2cnnn2)cc1. The number of likely N-dealkylation sites (tertiary alicyclic amines) is 1. The molecule has 20 heavy (non-hydrogen) atoms. The Hall–Kier alpha value is -2.24. The van der Waals surface area contributed by atoms with Crippen LogP contribution in [0.5, 0.6) is 0 Å². The van der Waals surface area contributed by atoms with E-state index in [1.54, 1.807) is 4.68 Å². The number of carbonyl (C=O) groups is 1. The first-order valence-electron chi connectivity index (χ1n) is 6.90. The molecule has 6 nitrogen and oxygen atoms in total. The van der Waals surface area contributed by atoms with Crippen LogP contribution in [0.25, 0.3) is 5.69 Å². The third-order valence-corrected chi connectivity index (χ3v) is 3.79. The Morgan fingerprint density at radius 2 is 2.05 bits per heavy atom. The van der Waals surface area contributed by atoms with Crippen LogP contribution in [-0.4, -0.2) is 43.6 Å². The molecule has 2 heterocycles. The van der Waals surface area contributed by atoms with Crippen LogP contribution in [0.2, 0.25) is 0 Å². The van der Waals surface area contributed by atoms with Crippen LogP contribution < -0.4 is 0 Å². The topological polar surface area (TPSA) is 63.9 Å². The van der Waals surface area contributed by atoms with Crippen LogP contribution in [0.15, 0.2) is 30.6 Å². The van der Waals surface area contributed by atoms with Gasteiger partial charge in [-0.1, -0.05) is 0 Å². The van der Waals surface area contributed by atoms with Crippen molar-refractivity contribution in [3.63, 3.8) is 0 Å². The van der Waals surface area contributed by atoms with Gasteiger partial charge in [0, 0.05) is 18.2 Å². The highest BCUT2D eigenvalue weighted by Gasteiger charge is 2.23. The summed E-state index contributed by atoms with van der Waals surface area (Å²) in [5.41, 5.74) is 1.56. The Morgan fingerprint density at radius 3 is 2.70 bits per heavy atom. The smallest absolute Gasteiger partial charge is 0.254 e. The summed E-state index contributed by atoms with van der Waals surface area (Å²) in [6, 6.07) is 7.72. The first-order chi connectivity index (χ1) is 9.75. The second-order valence-electron chi connectivity index (χ2n) is 5.14. The molecule has 1 aliphatic rings. The number of hydrogen-bond acceptors (Lipinski definition) is 4. The molecule has 2 aromatic rings. The maximum Gasteiger partial charge on any atom is 0.254 e. The van der Waals surface area contributed by atoms with Crippen LogP contribution in [0, 0.1) is 0 Å². The monoisotopic (exact) mass is 271 g/mol. The van der Waals surface area contributed by atoms with Crippen LogP contribution in [-0.2, 0) is 0 Å². The fourth-order valence-corrected chi connectivity index (χ4v) is 2.60. The summed E-state index contributed by atoms with van der Waals surface area (Å²) in [6.45, 7) is 2.97. The molecule has 0 radical (unpaired) electrons. The van der Waals surface area contributed by atoms with Crippen molar-refractivity contribution in [3.05, 3.63) is 36.2 Å². The Morgan fingerprint density at radius 1 is 1.25 bits per heavy atom. The maximum atomic E-state index is 12.5. The van der Waals surface area contributed by atoms with Gasteiger partial charge in [-0.2, -0.15) is 0 Å². The zero-order valence-electron chi connectivity index (χ0n) is 11.4. The molecule has 1 fully saturated rings. The third-order valence-electron chi connectivity index (χ3n) is 3.79. The fourth-order valence-electron chi connectivity index (χ4n) is 2.60. The van der Waals surface area contributed by atoms with Gasteiger partial charge < -0.3 is 4.90 Å². The van der Waals surface area contributed by atoms with Crippen molar-refractivity contribution in [2.75, 3.05) is 6.54 Å². The highest BCUT2D eigenvalue weighted by molar-refractivity contribution is 5.94. The average Bonchev–Trinajstić information content (AvgIpc) is 3.01. The lowest BCUT2D eigenvalue weighted by Crippen LogP contribution is -2.42. The van der Waals surface area contributed by atoms with Gasteiger partial charge in [0.1, 0.15) is 6.33 Å². The molecule has 1 saturated heterocycles. The number of benzene rings is 1. The molecule has 0 bridgehead atoms. The zero-order chi connectivity index (χ0) is 13.9. The largest absolute Gasteiger partial charge is 0.336 e. The Kier molecular flexibility index (Phi) is 3.45. The number of amides is 1. The van der Waals surface area contributed by atoms with Gasteiger partial charge in [0.05, 0.1) is 5.69 Å². The van der Waals surface area contributed by atoms with E-state index in [-0.39, 0.29) is 5.91 Å². The minimum absolute atomic E-state index is 0.112. The van der Waals surface area contributed by atoms with Gasteiger partial charge in [0.15, 0.2) is 0 Å². The number of rotatable bonds is 2. The van der Waals surface area contributed by atoms with Crippen LogP contribution in [0.4, 0.5) is 0 Å². The summed E-state index contributed by atoms with van der Waals surface area (Å²) >= 11 is 0. The van der Waals surface area contributed by atoms with Crippen molar-refractivity contribution < 1.29 is 4.79 Å². The minimum atomic E-state index is 0.112. The van der Waals surface area contributed by atoms with Crippen molar-refractivity contribution in [1.82, 2.24) is 25.1 Å². The molecule has 1 atom stereocenters. The molecule has 6 heteroatoms. The molecule has 0 saturated carbocycles. The van der Waals surface area contributed by atoms with E-state index in [1.165, 1.54) is 12.7 Å². The average molecular weight is 271 g/mol. The van der Waals surface area contributed by atoms with Crippen LogP contribution >= 0.6 is 0 Å². The number of aromatic nitrogens is 4. The standard InChI is InChI=1S/C14H17N5O/c1-11-4-2-3-9-18(11)14(20)12-5-7-13(8-6-12)19-10-15-16-17-19/h5-8,10-11H,2-4,9H2,1H3. The van der Waals surface area contributed by atoms with Gasteiger partial charge in [-0.25, -0.2) is 4.68 Å². The number of piperidine rings is 1. The fraction of sp³-hybridized carbons (Fsp3) is 0.429. The van der Waals surface area contributed by atoms with E-state index >= 15 is 0 Å². The summed E-state index contributed by atoms with van der Waals surface area (Å²) in [7, 11) is 0. The Labute approximate surface area is 117 Å². The predicted molar refractivity (Wildman–Crippen MR) is 73.5 cm³/mol. The van der Waals surface area contributed by atoms with Gasteiger partial charge >= 0.3 is 0 Å². The first-order valence-corrected chi connectivity index (χ1v) is 6.90. The van der Waals surface area contributed by atoms with E-state index in [0.717, 1.165) is 30.6 Å². The molecule has 1 aliphatic heterocycles. The highest BCUT2D eigenvalue weighted by atomic mass is 16.2.